The summed E-state index contributed by atoms with van der Waals surface area (Å²) in [6, 6.07) is 14.0. The van der Waals surface area contributed by atoms with E-state index in [9.17, 15) is 13.2 Å². The van der Waals surface area contributed by atoms with E-state index in [1.54, 1.807) is 12.1 Å². The maximum atomic E-state index is 12.4. The van der Waals surface area contributed by atoms with E-state index in [0.717, 1.165) is 33.5 Å². The molecule has 0 aliphatic carbocycles. The number of benzene rings is 2. The van der Waals surface area contributed by atoms with Crippen molar-refractivity contribution in [3.8, 4) is 5.75 Å². The zero-order chi connectivity index (χ0) is 24.3. The Kier molecular flexibility index (Phi) is 6.80. The molecule has 4 aromatic rings. The Morgan fingerprint density at radius 2 is 1.79 bits per heavy atom. The number of fused-ring (bicyclic) bond motifs is 3. The molecule has 178 valence electrons. The highest BCUT2D eigenvalue weighted by atomic mass is 32.2. The van der Waals surface area contributed by atoms with Gasteiger partial charge in [-0.05, 0) is 62.2 Å². The van der Waals surface area contributed by atoms with Crippen molar-refractivity contribution in [3.05, 3.63) is 65.5 Å². The third-order valence-corrected chi connectivity index (χ3v) is 7.21. The lowest BCUT2D eigenvalue weighted by molar-refractivity contribution is -0.121. The second-order valence-corrected chi connectivity index (χ2v) is 9.70. The molecule has 4 rings (SSSR count). The minimum absolute atomic E-state index is 0.0888. The Balaban J connectivity index is 1.32. The molecule has 2 aromatic heterocycles. The Hall–Kier alpha value is -3.50. The van der Waals surface area contributed by atoms with Crippen LogP contribution in [-0.2, 0) is 21.2 Å². The summed E-state index contributed by atoms with van der Waals surface area (Å²) in [5.74, 6) is 0.417. The number of aryl methyl sites for hydroxylation is 2. The summed E-state index contributed by atoms with van der Waals surface area (Å²) in [4.78, 5) is 17.2. The van der Waals surface area contributed by atoms with E-state index in [0.29, 0.717) is 12.2 Å². The van der Waals surface area contributed by atoms with Gasteiger partial charge in [-0.25, -0.2) is 22.6 Å². The summed E-state index contributed by atoms with van der Waals surface area (Å²) in [6.07, 6.45) is 0.779. The molecular formula is C24H27N5O4S. The largest absolute Gasteiger partial charge is 0.497 e. The lowest BCUT2D eigenvalue weighted by Crippen LogP contribution is -2.34. The Morgan fingerprint density at radius 1 is 1.06 bits per heavy atom. The van der Waals surface area contributed by atoms with Crippen LogP contribution in [0.5, 0.6) is 5.75 Å². The van der Waals surface area contributed by atoms with Gasteiger partial charge in [0.05, 0.1) is 17.5 Å². The van der Waals surface area contributed by atoms with Gasteiger partial charge in [0.25, 0.3) is 0 Å². The van der Waals surface area contributed by atoms with Gasteiger partial charge >= 0.3 is 0 Å². The van der Waals surface area contributed by atoms with Crippen molar-refractivity contribution in [2.45, 2.75) is 31.6 Å². The maximum Gasteiger partial charge on any atom is 0.240 e. The number of methoxy groups -OCH3 is 1. The van der Waals surface area contributed by atoms with Crippen molar-refractivity contribution in [2.24, 2.45) is 0 Å². The number of ether oxygens (including phenoxy) is 1. The average Bonchev–Trinajstić information content (AvgIpc) is 3.20. The summed E-state index contributed by atoms with van der Waals surface area (Å²) in [5, 5.41) is 8.40. The van der Waals surface area contributed by atoms with Crippen LogP contribution in [0.1, 0.15) is 23.4 Å². The summed E-state index contributed by atoms with van der Waals surface area (Å²) >= 11 is 0. The van der Waals surface area contributed by atoms with E-state index in [2.05, 4.69) is 15.1 Å². The fourth-order valence-electron chi connectivity index (χ4n) is 3.89. The van der Waals surface area contributed by atoms with Gasteiger partial charge in [-0.2, -0.15) is 5.10 Å². The third-order valence-electron chi connectivity index (χ3n) is 5.73. The number of nitrogens with zero attached hydrogens (tertiary/aromatic N) is 3. The van der Waals surface area contributed by atoms with Crippen LogP contribution in [0.25, 0.3) is 16.6 Å². The van der Waals surface area contributed by atoms with Crippen molar-refractivity contribution in [2.75, 3.05) is 20.2 Å². The van der Waals surface area contributed by atoms with Gasteiger partial charge in [-0.15, -0.1) is 0 Å². The first-order chi connectivity index (χ1) is 16.3. The van der Waals surface area contributed by atoms with Crippen LogP contribution in [0, 0.1) is 13.8 Å². The van der Waals surface area contributed by atoms with Crippen LogP contribution in [0.15, 0.2) is 53.4 Å². The number of aromatic nitrogens is 3. The molecule has 0 fully saturated rings. The predicted octanol–water partition coefficient (Wildman–Crippen LogP) is 2.54. The molecule has 2 heterocycles. The van der Waals surface area contributed by atoms with Gasteiger partial charge in [0, 0.05) is 36.3 Å². The fourth-order valence-corrected chi connectivity index (χ4v) is 4.92. The summed E-state index contributed by atoms with van der Waals surface area (Å²) in [5.41, 5.74) is 4.50. The van der Waals surface area contributed by atoms with E-state index in [1.807, 2.05) is 42.6 Å². The number of nitrogens with one attached hydrogen (secondary N) is 2. The highest BCUT2D eigenvalue weighted by Gasteiger charge is 2.16. The minimum Gasteiger partial charge on any atom is -0.497 e. The molecule has 0 spiro atoms. The number of sulfonamides is 1. The molecule has 9 nitrogen and oxygen atoms in total. The highest BCUT2D eigenvalue weighted by molar-refractivity contribution is 7.89. The van der Waals surface area contributed by atoms with E-state index < -0.39 is 10.0 Å². The highest BCUT2D eigenvalue weighted by Crippen LogP contribution is 2.23. The molecule has 2 aromatic carbocycles. The van der Waals surface area contributed by atoms with Crippen LogP contribution < -0.4 is 14.8 Å². The molecular weight excluding hydrogens is 454 g/mol. The summed E-state index contributed by atoms with van der Waals surface area (Å²) in [6.45, 7) is 4.20. The summed E-state index contributed by atoms with van der Waals surface area (Å²) < 4.78 is 34.1. The third kappa shape index (κ3) is 4.87. The number of carbonyl (C=O) groups excluding carboxylic acids is 1. The van der Waals surface area contributed by atoms with Crippen LogP contribution in [0.3, 0.4) is 0 Å². The normalized spacial score (nSPS) is 11.7. The molecule has 1 amide bonds. The topological polar surface area (TPSA) is 115 Å². The van der Waals surface area contributed by atoms with Gasteiger partial charge in [-0.1, -0.05) is 12.1 Å². The standard InChI is InChI=1S/C24H27N5O4S/c1-16-20(17(2)29-24(27-16)21-6-4-5-7-22(21)28-29)12-13-23(30)25-14-15-26-34(31,32)19-10-8-18(33-3)9-11-19/h4-11,26H,12-15H2,1-3H3,(H,25,30). The molecule has 2 N–H and O–H groups in total. The average molecular weight is 482 g/mol. The molecule has 0 saturated heterocycles. The second-order valence-electron chi connectivity index (χ2n) is 7.94. The van der Waals surface area contributed by atoms with Gasteiger partial charge < -0.3 is 10.1 Å². The number of rotatable bonds is 9. The molecule has 0 atom stereocenters. The van der Waals surface area contributed by atoms with Crippen molar-refractivity contribution in [1.82, 2.24) is 24.6 Å². The van der Waals surface area contributed by atoms with Crippen LogP contribution in [0.4, 0.5) is 0 Å². The van der Waals surface area contributed by atoms with Gasteiger partial charge in [0.15, 0.2) is 5.65 Å². The Labute approximate surface area is 198 Å². The zero-order valence-corrected chi connectivity index (χ0v) is 20.1. The smallest absolute Gasteiger partial charge is 0.240 e. The second kappa shape index (κ2) is 9.78. The number of amides is 1. The van der Waals surface area contributed by atoms with E-state index in [1.165, 1.54) is 19.2 Å². The maximum absolute atomic E-state index is 12.4. The van der Waals surface area contributed by atoms with Crippen molar-refractivity contribution in [1.29, 1.82) is 0 Å². The number of hydrogen-bond acceptors (Lipinski definition) is 6. The molecule has 0 unspecified atom stereocenters. The lowest BCUT2D eigenvalue weighted by atomic mass is 10.1. The van der Waals surface area contributed by atoms with Gasteiger partial charge in [0.1, 0.15) is 5.75 Å². The minimum atomic E-state index is -3.66. The quantitative estimate of drug-likeness (QED) is 0.355. The summed E-state index contributed by atoms with van der Waals surface area (Å²) in [7, 11) is -2.14. The molecule has 0 saturated carbocycles. The van der Waals surface area contributed by atoms with E-state index in [-0.39, 0.29) is 30.3 Å². The SMILES string of the molecule is COc1ccc(S(=O)(=O)NCCNC(=O)CCc2c(C)nc3c4ccccc4nn3c2C)cc1. The van der Waals surface area contributed by atoms with E-state index >= 15 is 0 Å². The Bertz CT molecular complexity index is 1450. The van der Waals surface area contributed by atoms with Gasteiger partial charge in [0.2, 0.25) is 15.9 Å². The molecule has 0 bridgehead atoms. The molecule has 10 heteroatoms. The van der Waals surface area contributed by atoms with Gasteiger partial charge in [-0.3, -0.25) is 4.79 Å². The molecule has 0 aliphatic heterocycles. The van der Waals surface area contributed by atoms with Crippen LogP contribution in [-0.4, -0.2) is 49.1 Å². The van der Waals surface area contributed by atoms with E-state index in [4.69, 9.17) is 9.72 Å². The predicted molar refractivity (Wildman–Crippen MR) is 129 cm³/mol. The monoisotopic (exact) mass is 481 g/mol. The van der Waals surface area contributed by atoms with Crippen molar-refractivity contribution in [3.63, 3.8) is 0 Å². The first kappa shape index (κ1) is 23.7. The fraction of sp³-hybridized carbons (Fsp3) is 0.292. The number of carbonyl (C=O) groups is 1. The lowest BCUT2D eigenvalue weighted by Gasteiger charge is -2.12. The first-order valence-corrected chi connectivity index (χ1v) is 12.4. The number of hydrogen-bond donors (Lipinski definition) is 2. The zero-order valence-electron chi connectivity index (χ0n) is 19.3. The van der Waals surface area contributed by atoms with Crippen molar-refractivity contribution >= 4 is 32.5 Å². The van der Waals surface area contributed by atoms with Crippen LogP contribution >= 0.6 is 0 Å². The molecule has 0 radical (unpaired) electrons. The van der Waals surface area contributed by atoms with Crippen LogP contribution in [0.2, 0.25) is 0 Å². The molecule has 0 aliphatic rings. The first-order valence-electron chi connectivity index (χ1n) is 10.9. The molecule has 34 heavy (non-hydrogen) atoms. The van der Waals surface area contributed by atoms with Crippen molar-refractivity contribution < 1.29 is 17.9 Å². The Morgan fingerprint density at radius 3 is 2.53 bits per heavy atom.